The maximum absolute atomic E-state index is 5.93. The number of nitrogens with two attached hydrogens (primary N) is 1. The molecule has 1 aliphatic heterocycles. The second kappa shape index (κ2) is 7.24. The van der Waals surface area contributed by atoms with Crippen molar-refractivity contribution in [1.29, 1.82) is 0 Å². The molecule has 0 fully saturated rings. The van der Waals surface area contributed by atoms with Crippen molar-refractivity contribution < 1.29 is 18.9 Å². The lowest BCUT2D eigenvalue weighted by Gasteiger charge is -2.16. The van der Waals surface area contributed by atoms with E-state index in [2.05, 4.69) is 0 Å². The van der Waals surface area contributed by atoms with Gasteiger partial charge in [-0.05, 0) is 48.7 Å². The van der Waals surface area contributed by atoms with Crippen molar-refractivity contribution in [1.82, 2.24) is 0 Å². The first-order valence-corrected chi connectivity index (χ1v) is 7.66. The summed E-state index contributed by atoms with van der Waals surface area (Å²) in [6, 6.07) is 13.6. The standard InChI is InChI=1S/C18H21NO4/c1-20-15-3-2-4-16(10-15)21-8-7-14(11-19)13-5-6-17-18(9-13)23-12-22-17/h2-6,9-10,14H,7-8,11-12,19H2,1H3. The molecule has 0 aromatic heterocycles. The van der Waals surface area contributed by atoms with Gasteiger partial charge in [-0.15, -0.1) is 0 Å². The number of hydrogen-bond acceptors (Lipinski definition) is 5. The molecule has 1 atom stereocenters. The number of ether oxygens (including phenoxy) is 4. The maximum Gasteiger partial charge on any atom is 0.231 e. The second-order valence-corrected chi connectivity index (χ2v) is 5.36. The highest BCUT2D eigenvalue weighted by Gasteiger charge is 2.17. The average molecular weight is 315 g/mol. The number of benzene rings is 2. The fourth-order valence-electron chi connectivity index (χ4n) is 2.60. The normalized spacial score (nSPS) is 13.7. The Labute approximate surface area is 135 Å². The summed E-state index contributed by atoms with van der Waals surface area (Å²) in [6.45, 7) is 1.43. The molecule has 2 N–H and O–H groups in total. The van der Waals surface area contributed by atoms with Crippen LogP contribution in [0.3, 0.4) is 0 Å². The predicted molar refractivity (Wildman–Crippen MR) is 87.5 cm³/mol. The van der Waals surface area contributed by atoms with Crippen LogP contribution in [0.25, 0.3) is 0 Å². The van der Waals surface area contributed by atoms with Gasteiger partial charge in [0.2, 0.25) is 6.79 Å². The molecule has 23 heavy (non-hydrogen) atoms. The third-order valence-electron chi connectivity index (χ3n) is 3.93. The quantitative estimate of drug-likeness (QED) is 0.851. The van der Waals surface area contributed by atoms with E-state index in [0.717, 1.165) is 35.0 Å². The third-order valence-corrected chi connectivity index (χ3v) is 3.93. The van der Waals surface area contributed by atoms with Crippen LogP contribution in [-0.2, 0) is 0 Å². The lowest BCUT2D eigenvalue weighted by Crippen LogP contribution is -2.15. The summed E-state index contributed by atoms with van der Waals surface area (Å²) in [6.07, 6.45) is 0.827. The van der Waals surface area contributed by atoms with Gasteiger partial charge in [-0.25, -0.2) is 0 Å². The van der Waals surface area contributed by atoms with Crippen molar-refractivity contribution in [2.24, 2.45) is 5.73 Å². The van der Waals surface area contributed by atoms with E-state index in [0.29, 0.717) is 13.2 Å². The fraction of sp³-hybridized carbons (Fsp3) is 0.333. The van der Waals surface area contributed by atoms with E-state index >= 15 is 0 Å². The monoisotopic (exact) mass is 315 g/mol. The molecule has 0 bridgehead atoms. The Balaban J connectivity index is 1.59. The SMILES string of the molecule is COc1cccc(OCCC(CN)c2ccc3c(c2)OCO3)c1. The Kier molecular flexibility index (Phi) is 4.88. The van der Waals surface area contributed by atoms with Crippen molar-refractivity contribution >= 4 is 0 Å². The summed E-state index contributed by atoms with van der Waals surface area (Å²) in [4.78, 5) is 0. The van der Waals surface area contributed by atoms with Crippen LogP contribution in [0.15, 0.2) is 42.5 Å². The van der Waals surface area contributed by atoms with E-state index < -0.39 is 0 Å². The molecule has 0 radical (unpaired) electrons. The molecule has 0 amide bonds. The number of rotatable bonds is 7. The highest BCUT2D eigenvalue weighted by molar-refractivity contribution is 5.45. The van der Waals surface area contributed by atoms with E-state index in [1.807, 2.05) is 42.5 Å². The summed E-state index contributed by atoms with van der Waals surface area (Å²) in [5.74, 6) is 3.38. The van der Waals surface area contributed by atoms with Crippen LogP contribution in [-0.4, -0.2) is 27.1 Å². The van der Waals surface area contributed by atoms with Gasteiger partial charge in [0.15, 0.2) is 11.5 Å². The topological polar surface area (TPSA) is 62.9 Å². The van der Waals surface area contributed by atoms with Gasteiger partial charge in [0, 0.05) is 6.07 Å². The lowest BCUT2D eigenvalue weighted by atomic mass is 9.96. The maximum atomic E-state index is 5.93. The molecule has 122 valence electrons. The predicted octanol–water partition coefficient (Wildman–Crippen LogP) is 2.94. The number of hydrogen-bond donors (Lipinski definition) is 1. The zero-order chi connectivity index (χ0) is 16.1. The van der Waals surface area contributed by atoms with E-state index in [1.165, 1.54) is 0 Å². The lowest BCUT2D eigenvalue weighted by molar-refractivity contribution is 0.174. The van der Waals surface area contributed by atoms with Gasteiger partial charge in [0.1, 0.15) is 11.5 Å². The molecule has 0 saturated carbocycles. The molecule has 5 nitrogen and oxygen atoms in total. The van der Waals surface area contributed by atoms with Crippen molar-refractivity contribution in [2.45, 2.75) is 12.3 Å². The second-order valence-electron chi connectivity index (χ2n) is 5.36. The molecular weight excluding hydrogens is 294 g/mol. The molecular formula is C18H21NO4. The Hall–Kier alpha value is -2.40. The van der Waals surface area contributed by atoms with Gasteiger partial charge in [0.05, 0.1) is 13.7 Å². The molecule has 3 rings (SSSR count). The summed E-state index contributed by atoms with van der Waals surface area (Å²) in [7, 11) is 1.64. The first-order valence-electron chi connectivity index (χ1n) is 7.66. The Morgan fingerprint density at radius 2 is 1.91 bits per heavy atom. The van der Waals surface area contributed by atoms with Crippen molar-refractivity contribution in [3.8, 4) is 23.0 Å². The highest BCUT2D eigenvalue weighted by atomic mass is 16.7. The summed E-state index contributed by atoms with van der Waals surface area (Å²) in [5.41, 5.74) is 7.07. The fourth-order valence-corrected chi connectivity index (χ4v) is 2.60. The number of fused-ring (bicyclic) bond motifs is 1. The first kappa shape index (κ1) is 15.5. The molecule has 0 aliphatic carbocycles. The first-order chi connectivity index (χ1) is 11.3. The minimum atomic E-state index is 0.218. The van der Waals surface area contributed by atoms with E-state index in [1.54, 1.807) is 7.11 Å². The van der Waals surface area contributed by atoms with Crippen molar-refractivity contribution in [3.63, 3.8) is 0 Å². The van der Waals surface area contributed by atoms with Crippen LogP contribution in [0.2, 0.25) is 0 Å². The van der Waals surface area contributed by atoms with Crippen LogP contribution in [0.5, 0.6) is 23.0 Å². The van der Waals surface area contributed by atoms with Gasteiger partial charge in [-0.1, -0.05) is 12.1 Å². The molecule has 2 aromatic carbocycles. The van der Waals surface area contributed by atoms with Gasteiger partial charge in [0.25, 0.3) is 0 Å². The van der Waals surface area contributed by atoms with Gasteiger partial charge in [-0.3, -0.25) is 0 Å². The van der Waals surface area contributed by atoms with Crippen LogP contribution in [0.4, 0.5) is 0 Å². The average Bonchev–Trinajstić information content (AvgIpc) is 3.06. The zero-order valence-corrected chi connectivity index (χ0v) is 13.2. The molecule has 1 aliphatic rings. The van der Waals surface area contributed by atoms with E-state index in [-0.39, 0.29) is 12.7 Å². The van der Waals surface area contributed by atoms with E-state index in [9.17, 15) is 0 Å². The Bertz CT molecular complexity index is 659. The van der Waals surface area contributed by atoms with E-state index in [4.69, 9.17) is 24.7 Å². The van der Waals surface area contributed by atoms with Crippen LogP contribution in [0.1, 0.15) is 17.9 Å². The zero-order valence-electron chi connectivity index (χ0n) is 13.2. The van der Waals surface area contributed by atoms with Gasteiger partial charge in [-0.2, -0.15) is 0 Å². The Morgan fingerprint density at radius 1 is 1.09 bits per heavy atom. The summed E-state index contributed by atoms with van der Waals surface area (Å²) < 4.78 is 21.8. The van der Waals surface area contributed by atoms with Crippen molar-refractivity contribution in [2.75, 3.05) is 27.1 Å². The minimum absolute atomic E-state index is 0.218. The molecule has 0 saturated heterocycles. The van der Waals surface area contributed by atoms with Gasteiger partial charge >= 0.3 is 0 Å². The third kappa shape index (κ3) is 3.68. The smallest absolute Gasteiger partial charge is 0.231 e. The van der Waals surface area contributed by atoms with Crippen LogP contribution < -0.4 is 24.7 Å². The molecule has 1 unspecified atom stereocenters. The Morgan fingerprint density at radius 3 is 2.74 bits per heavy atom. The van der Waals surface area contributed by atoms with Crippen LogP contribution in [0, 0.1) is 0 Å². The largest absolute Gasteiger partial charge is 0.497 e. The summed E-state index contributed by atoms with van der Waals surface area (Å²) in [5, 5.41) is 0. The minimum Gasteiger partial charge on any atom is -0.497 e. The van der Waals surface area contributed by atoms with Gasteiger partial charge < -0.3 is 24.7 Å². The van der Waals surface area contributed by atoms with Crippen LogP contribution >= 0.6 is 0 Å². The summed E-state index contributed by atoms with van der Waals surface area (Å²) >= 11 is 0. The highest BCUT2D eigenvalue weighted by Crippen LogP contribution is 2.35. The molecule has 0 spiro atoms. The molecule has 5 heteroatoms. The number of methoxy groups -OCH3 is 1. The molecule has 2 aromatic rings. The molecule has 1 heterocycles. The van der Waals surface area contributed by atoms with Crippen molar-refractivity contribution in [3.05, 3.63) is 48.0 Å².